The van der Waals surface area contributed by atoms with Gasteiger partial charge in [-0.3, -0.25) is 0 Å². The molecule has 0 aromatic heterocycles. The molecule has 1 saturated heterocycles. The van der Waals surface area contributed by atoms with Crippen molar-refractivity contribution in [2.75, 3.05) is 24.7 Å². The molecule has 2 N–H and O–H groups in total. The van der Waals surface area contributed by atoms with E-state index in [9.17, 15) is 0 Å². The molecule has 0 unspecified atom stereocenters. The van der Waals surface area contributed by atoms with E-state index in [1.807, 2.05) is 11.8 Å². The van der Waals surface area contributed by atoms with Gasteiger partial charge in [0.25, 0.3) is 0 Å². The predicted octanol–water partition coefficient (Wildman–Crippen LogP) is 0.0738. The Morgan fingerprint density at radius 1 is 1.67 bits per heavy atom. The van der Waals surface area contributed by atoms with Crippen molar-refractivity contribution in [2.24, 2.45) is 0 Å². The third-order valence-corrected chi connectivity index (χ3v) is 2.61. The Labute approximate surface area is 60.0 Å². The average molecular weight is 147 g/mol. The van der Waals surface area contributed by atoms with E-state index in [4.69, 9.17) is 5.11 Å². The van der Waals surface area contributed by atoms with Crippen molar-refractivity contribution in [3.8, 4) is 0 Å². The molecule has 0 aromatic rings. The van der Waals surface area contributed by atoms with E-state index in [0.717, 1.165) is 13.0 Å². The molecule has 0 bridgehead atoms. The van der Waals surface area contributed by atoms with Crippen LogP contribution >= 0.6 is 11.8 Å². The minimum Gasteiger partial charge on any atom is -0.396 e. The standard InChI is InChI=1S/C6H13NOS/c8-3-1-6-5-9-4-2-7-6/h6-8H,1-5H2/t6-/m0/s1. The quantitative estimate of drug-likeness (QED) is 0.580. The van der Waals surface area contributed by atoms with Gasteiger partial charge in [-0.1, -0.05) is 0 Å². The molecule has 1 heterocycles. The lowest BCUT2D eigenvalue weighted by molar-refractivity contribution is 0.270. The average Bonchev–Trinajstić information content (AvgIpc) is 1.91. The van der Waals surface area contributed by atoms with Crippen molar-refractivity contribution in [3.63, 3.8) is 0 Å². The molecule has 3 heteroatoms. The molecular formula is C6H13NOS. The normalized spacial score (nSPS) is 28.3. The van der Waals surface area contributed by atoms with Crippen LogP contribution in [0.1, 0.15) is 6.42 Å². The smallest absolute Gasteiger partial charge is 0.0446 e. The summed E-state index contributed by atoms with van der Waals surface area (Å²) in [5.41, 5.74) is 0. The van der Waals surface area contributed by atoms with E-state index < -0.39 is 0 Å². The van der Waals surface area contributed by atoms with E-state index in [-0.39, 0.29) is 0 Å². The van der Waals surface area contributed by atoms with Gasteiger partial charge in [-0.25, -0.2) is 0 Å². The highest BCUT2D eigenvalue weighted by atomic mass is 32.2. The number of hydrogen-bond donors (Lipinski definition) is 2. The Hall–Kier alpha value is 0.270. The fraction of sp³-hybridized carbons (Fsp3) is 1.00. The molecule has 1 aliphatic rings. The van der Waals surface area contributed by atoms with Crippen LogP contribution in [0.25, 0.3) is 0 Å². The lowest BCUT2D eigenvalue weighted by Crippen LogP contribution is -2.37. The monoisotopic (exact) mass is 147 g/mol. The number of aliphatic hydroxyl groups is 1. The highest BCUT2D eigenvalue weighted by Crippen LogP contribution is 2.09. The second-order valence-corrected chi connectivity index (χ2v) is 3.39. The van der Waals surface area contributed by atoms with Crippen molar-refractivity contribution in [3.05, 3.63) is 0 Å². The molecule has 1 aliphatic heterocycles. The maximum absolute atomic E-state index is 8.57. The lowest BCUT2D eigenvalue weighted by Gasteiger charge is -2.21. The van der Waals surface area contributed by atoms with Crippen LogP contribution in [-0.2, 0) is 0 Å². The molecule has 1 fully saturated rings. The van der Waals surface area contributed by atoms with Crippen LogP contribution in [0, 0.1) is 0 Å². The van der Waals surface area contributed by atoms with Gasteiger partial charge in [0.05, 0.1) is 0 Å². The summed E-state index contributed by atoms with van der Waals surface area (Å²) in [6, 6.07) is 0.564. The molecular weight excluding hydrogens is 134 g/mol. The van der Waals surface area contributed by atoms with Crippen molar-refractivity contribution in [1.29, 1.82) is 0 Å². The summed E-state index contributed by atoms with van der Waals surface area (Å²) in [7, 11) is 0. The fourth-order valence-electron chi connectivity index (χ4n) is 0.961. The van der Waals surface area contributed by atoms with Gasteiger partial charge in [-0.15, -0.1) is 0 Å². The van der Waals surface area contributed by atoms with Gasteiger partial charge in [0.1, 0.15) is 0 Å². The Kier molecular flexibility index (Phi) is 3.40. The minimum absolute atomic E-state index is 0.318. The van der Waals surface area contributed by atoms with Gasteiger partial charge in [-0.2, -0.15) is 11.8 Å². The molecule has 54 valence electrons. The summed E-state index contributed by atoms with van der Waals surface area (Å²) in [5.74, 6) is 2.39. The largest absolute Gasteiger partial charge is 0.396 e. The first-order chi connectivity index (χ1) is 4.43. The first kappa shape index (κ1) is 7.38. The number of nitrogens with one attached hydrogen (secondary N) is 1. The highest BCUT2D eigenvalue weighted by molar-refractivity contribution is 7.99. The Morgan fingerprint density at radius 2 is 2.56 bits per heavy atom. The number of thioether (sulfide) groups is 1. The van der Waals surface area contributed by atoms with Crippen LogP contribution in [-0.4, -0.2) is 35.8 Å². The van der Waals surface area contributed by atoms with E-state index in [1.165, 1.54) is 11.5 Å². The molecule has 0 aromatic carbocycles. The minimum atomic E-state index is 0.318. The summed E-state index contributed by atoms with van der Waals surface area (Å²) in [6.45, 7) is 1.42. The zero-order chi connectivity index (χ0) is 6.53. The summed E-state index contributed by atoms with van der Waals surface area (Å²) in [6.07, 6.45) is 0.910. The van der Waals surface area contributed by atoms with Crippen molar-refractivity contribution in [2.45, 2.75) is 12.5 Å². The van der Waals surface area contributed by atoms with Crippen LogP contribution in [0.4, 0.5) is 0 Å². The molecule has 0 spiro atoms. The molecule has 2 nitrogen and oxygen atoms in total. The first-order valence-corrected chi connectivity index (χ1v) is 4.51. The topological polar surface area (TPSA) is 32.3 Å². The van der Waals surface area contributed by atoms with E-state index >= 15 is 0 Å². The van der Waals surface area contributed by atoms with Crippen LogP contribution in [0.2, 0.25) is 0 Å². The molecule has 1 rings (SSSR count). The van der Waals surface area contributed by atoms with E-state index in [1.54, 1.807) is 0 Å². The van der Waals surface area contributed by atoms with Crippen LogP contribution in [0.5, 0.6) is 0 Å². The second kappa shape index (κ2) is 4.14. The third kappa shape index (κ3) is 2.56. The van der Waals surface area contributed by atoms with E-state index in [2.05, 4.69) is 5.32 Å². The molecule has 0 amide bonds. The maximum Gasteiger partial charge on any atom is 0.0446 e. The molecule has 0 aliphatic carbocycles. The SMILES string of the molecule is OCC[C@H]1CSCCN1. The highest BCUT2D eigenvalue weighted by Gasteiger charge is 2.10. The van der Waals surface area contributed by atoms with E-state index in [0.29, 0.717) is 12.6 Å². The van der Waals surface area contributed by atoms with Gasteiger partial charge in [0, 0.05) is 30.7 Å². The van der Waals surface area contributed by atoms with Crippen LogP contribution < -0.4 is 5.32 Å². The third-order valence-electron chi connectivity index (χ3n) is 1.48. The summed E-state index contributed by atoms with van der Waals surface area (Å²) < 4.78 is 0. The predicted molar refractivity (Wildman–Crippen MR) is 40.8 cm³/mol. The lowest BCUT2D eigenvalue weighted by atomic mass is 10.2. The van der Waals surface area contributed by atoms with Crippen molar-refractivity contribution < 1.29 is 5.11 Å². The van der Waals surface area contributed by atoms with Crippen molar-refractivity contribution >= 4 is 11.8 Å². The Bertz CT molecular complexity index is 70.7. The van der Waals surface area contributed by atoms with Gasteiger partial charge >= 0.3 is 0 Å². The van der Waals surface area contributed by atoms with Crippen LogP contribution in [0.15, 0.2) is 0 Å². The fourth-order valence-corrected chi connectivity index (χ4v) is 1.96. The van der Waals surface area contributed by atoms with Crippen LogP contribution in [0.3, 0.4) is 0 Å². The zero-order valence-electron chi connectivity index (χ0n) is 5.47. The first-order valence-electron chi connectivity index (χ1n) is 3.35. The number of hydrogen-bond acceptors (Lipinski definition) is 3. The summed E-state index contributed by atoms with van der Waals surface area (Å²) in [4.78, 5) is 0. The molecule has 0 saturated carbocycles. The van der Waals surface area contributed by atoms with Gasteiger partial charge in [0.2, 0.25) is 0 Å². The maximum atomic E-state index is 8.57. The second-order valence-electron chi connectivity index (χ2n) is 2.24. The van der Waals surface area contributed by atoms with Crippen molar-refractivity contribution in [1.82, 2.24) is 5.32 Å². The summed E-state index contributed by atoms with van der Waals surface area (Å²) >= 11 is 1.97. The number of rotatable bonds is 2. The Morgan fingerprint density at radius 3 is 3.11 bits per heavy atom. The molecule has 0 radical (unpaired) electrons. The summed E-state index contributed by atoms with van der Waals surface area (Å²) in [5, 5.41) is 11.9. The molecule has 1 atom stereocenters. The van der Waals surface area contributed by atoms with Gasteiger partial charge in [-0.05, 0) is 6.42 Å². The van der Waals surface area contributed by atoms with Gasteiger partial charge in [0.15, 0.2) is 0 Å². The Balaban J connectivity index is 2.08. The molecule has 9 heavy (non-hydrogen) atoms. The number of aliphatic hydroxyl groups excluding tert-OH is 1. The zero-order valence-corrected chi connectivity index (χ0v) is 6.28. The van der Waals surface area contributed by atoms with Gasteiger partial charge < -0.3 is 10.4 Å².